The molecule has 1 amide bonds. The van der Waals surface area contributed by atoms with Crippen LogP contribution in [-0.4, -0.2) is 25.2 Å². The van der Waals surface area contributed by atoms with Gasteiger partial charge in [-0.25, -0.2) is 9.38 Å². The predicted molar refractivity (Wildman–Crippen MR) is 125 cm³/mol. The average molecular weight is 439 g/mol. The van der Waals surface area contributed by atoms with Gasteiger partial charge in [0.25, 0.3) is 5.91 Å². The zero-order chi connectivity index (χ0) is 22.3. The van der Waals surface area contributed by atoms with Crippen LogP contribution in [0.1, 0.15) is 28.6 Å². The molecule has 2 aromatic carbocycles. The number of nitrogens with two attached hydrogens (primary N) is 1. The second kappa shape index (κ2) is 7.77. The van der Waals surface area contributed by atoms with E-state index in [4.69, 9.17) is 10.2 Å². The van der Waals surface area contributed by atoms with Gasteiger partial charge in [0.05, 0.1) is 0 Å². The first kappa shape index (κ1) is 21.0. The third-order valence-corrected chi connectivity index (χ3v) is 5.94. The number of benzene rings is 2. The third kappa shape index (κ3) is 3.90. The molecule has 0 saturated carbocycles. The number of anilines is 2. The topological polar surface area (TPSA) is 83.9 Å². The third-order valence-electron chi connectivity index (χ3n) is 5.34. The van der Waals surface area contributed by atoms with E-state index in [9.17, 15) is 9.18 Å². The van der Waals surface area contributed by atoms with Gasteiger partial charge in [0.15, 0.2) is 10.9 Å². The minimum Gasteiger partial charge on any atom is -0.451 e. The summed E-state index contributed by atoms with van der Waals surface area (Å²) < 4.78 is 20.4. The van der Waals surface area contributed by atoms with Crippen LogP contribution in [0.4, 0.5) is 15.8 Å². The molecule has 4 rings (SSSR count). The molecule has 1 atom stereocenters. The van der Waals surface area contributed by atoms with Crippen LogP contribution in [0.15, 0.2) is 57.3 Å². The van der Waals surface area contributed by atoms with Gasteiger partial charge < -0.3 is 20.4 Å². The molecule has 1 aliphatic heterocycles. The van der Waals surface area contributed by atoms with Crippen molar-refractivity contribution in [2.75, 3.05) is 24.3 Å². The summed E-state index contributed by atoms with van der Waals surface area (Å²) in [4.78, 5) is 19.3. The normalized spacial score (nSPS) is 18.2. The lowest BCUT2D eigenvalue weighted by Gasteiger charge is -2.26. The second-order valence-electron chi connectivity index (χ2n) is 7.80. The number of nitrogens with one attached hydrogen (secondary N) is 1. The first-order valence-corrected chi connectivity index (χ1v) is 10.6. The molecule has 0 unspecified atom stereocenters. The maximum absolute atomic E-state index is 14.6. The van der Waals surface area contributed by atoms with E-state index in [1.807, 2.05) is 44.1 Å². The number of thioether (sulfide) groups is 1. The molecule has 0 spiro atoms. The number of nitrogens with zero attached hydrogens (tertiary/aromatic N) is 2. The molecule has 3 aromatic rings. The molecular weight excluding hydrogens is 415 g/mol. The van der Waals surface area contributed by atoms with Gasteiger partial charge in [-0.1, -0.05) is 11.8 Å². The van der Waals surface area contributed by atoms with Gasteiger partial charge in [0.1, 0.15) is 16.9 Å². The molecule has 0 saturated heterocycles. The summed E-state index contributed by atoms with van der Waals surface area (Å²) in [5, 5.41) is 5.83. The fourth-order valence-corrected chi connectivity index (χ4v) is 4.28. The Bertz CT molecular complexity index is 1250. The number of aliphatic imine (C=N–C) groups is 1. The van der Waals surface area contributed by atoms with E-state index < -0.39 is 17.3 Å². The second-order valence-corrected chi connectivity index (χ2v) is 8.72. The van der Waals surface area contributed by atoms with Gasteiger partial charge in [0, 0.05) is 42.0 Å². The Labute approximate surface area is 184 Å². The van der Waals surface area contributed by atoms with E-state index in [1.165, 1.54) is 23.9 Å². The summed E-state index contributed by atoms with van der Waals surface area (Å²) in [7, 11) is 3.91. The molecule has 6 nitrogen and oxygen atoms in total. The number of amides is 1. The zero-order valence-corrected chi connectivity index (χ0v) is 18.5. The molecule has 0 aliphatic carbocycles. The molecule has 160 valence electrons. The minimum atomic E-state index is -0.946. The van der Waals surface area contributed by atoms with Crippen LogP contribution in [0.5, 0.6) is 0 Å². The SMILES string of the molecule is Cc1c(C(=O)Nc2ccc(F)c([C@]3(C)C=CSC(N)=N3)c2)oc2ccc(N(C)C)cc12. The Hall–Kier alpha value is -3.26. The van der Waals surface area contributed by atoms with E-state index in [0.29, 0.717) is 22.0 Å². The van der Waals surface area contributed by atoms with E-state index in [-0.39, 0.29) is 5.76 Å². The summed E-state index contributed by atoms with van der Waals surface area (Å²) >= 11 is 1.28. The molecule has 3 N–H and O–H groups in total. The fraction of sp³-hybridized carbons (Fsp3) is 0.217. The quantitative estimate of drug-likeness (QED) is 0.600. The number of carbonyl (C=O) groups is 1. The van der Waals surface area contributed by atoms with Crippen molar-refractivity contribution in [3.63, 3.8) is 0 Å². The highest BCUT2D eigenvalue weighted by Crippen LogP contribution is 2.35. The summed E-state index contributed by atoms with van der Waals surface area (Å²) in [6, 6.07) is 10.2. The van der Waals surface area contributed by atoms with Crippen molar-refractivity contribution in [3.8, 4) is 0 Å². The van der Waals surface area contributed by atoms with Crippen molar-refractivity contribution in [3.05, 3.63) is 70.6 Å². The van der Waals surface area contributed by atoms with Crippen molar-refractivity contribution >= 4 is 45.2 Å². The largest absolute Gasteiger partial charge is 0.451 e. The highest BCUT2D eigenvalue weighted by atomic mass is 32.2. The smallest absolute Gasteiger partial charge is 0.291 e. The number of halogens is 1. The number of rotatable bonds is 4. The van der Waals surface area contributed by atoms with Crippen LogP contribution in [0.25, 0.3) is 11.0 Å². The van der Waals surface area contributed by atoms with Crippen LogP contribution < -0.4 is 16.0 Å². The number of furan rings is 1. The average Bonchev–Trinajstić information content (AvgIpc) is 3.05. The molecule has 8 heteroatoms. The molecule has 31 heavy (non-hydrogen) atoms. The van der Waals surface area contributed by atoms with Crippen molar-refractivity contribution in [2.24, 2.45) is 10.7 Å². The van der Waals surface area contributed by atoms with Crippen molar-refractivity contribution in [1.29, 1.82) is 0 Å². The number of aryl methyl sites for hydroxylation is 1. The lowest BCUT2D eigenvalue weighted by Crippen LogP contribution is -2.25. The maximum Gasteiger partial charge on any atom is 0.291 e. The Morgan fingerprint density at radius 3 is 2.74 bits per heavy atom. The van der Waals surface area contributed by atoms with Crippen LogP contribution in [0.3, 0.4) is 0 Å². The number of amidine groups is 1. The van der Waals surface area contributed by atoms with Gasteiger partial charge in [-0.05, 0) is 61.7 Å². The minimum absolute atomic E-state index is 0.222. The Morgan fingerprint density at radius 1 is 1.26 bits per heavy atom. The van der Waals surface area contributed by atoms with Crippen LogP contribution in [0.2, 0.25) is 0 Å². The fourth-order valence-electron chi connectivity index (χ4n) is 3.56. The molecular formula is C23H23FN4O2S. The van der Waals surface area contributed by atoms with E-state index >= 15 is 0 Å². The zero-order valence-electron chi connectivity index (χ0n) is 17.7. The molecule has 2 heterocycles. The van der Waals surface area contributed by atoms with Gasteiger partial charge in [-0.2, -0.15) is 0 Å². The Balaban J connectivity index is 1.66. The summed E-state index contributed by atoms with van der Waals surface area (Å²) in [6.45, 7) is 3.62. The molecule has 1 aliphatic rings. The van der Waals surface area contributed by atoms with Gasteiger partial charge in [-0.3, -0.25) is 4.79 Å². The predicted octanol–water partition coefficient (Wildman–Crippen LogP) is 4.99. The molecule has 0 bridgehead atoms. The molecule has 0 radical (unpaired) electrons. The lowest BCUT2D eigenvalue weighted by atomic mass is 9.92. The van der Waals surface area contributed by atoms with Crippen molar-refractivity contribution in [2.45, 2.75) is 19.4 Å². The maximum atomic E-state index is 14.6. The number of fused-ring (bicyclic) bond motifs is 1. The van der Waals surface area contributed by atoms with Crippen LogP contribution >= 0.6 is 11.8 Å². The van der Waals surface area contributed by atoms with Crippen LogP contribution in [0, 0.1) is 12.7 Å². The lowest BCUT2D eigenvalue weighted by molar-refractivity contribution is 0.0998. The van der Waals surface area contributed by atoms with E-state index in [2.05, 4.69) is 10.3 Å². The Morgan fingerprint density at radius 2 is 2.03 bits per heavy atom. The van der Waals surface area contributed by atoms with E-state index in [1.54, 1.807) is 24.5 Å². The highest BCUT2D eigenvalue weighted by Gasteiger charge is 2.29. The summed E-state index contributed by atoms with van der Waals surface area (Å²) in [5.74, 6) is -0.607. The first-order chi connectivity index (χ1) is 14.7. The first-order valence-electron chi connectivity index (χ1n) is 9.69. The van der Waals surface area contributed by atoms with Crippen molar-refractivity contribution < 1.29 is 13.6 Å². The number of hydrogen-bond donors (Lipinski definition) is 2. The number of hydrogen-bond acceptors (Lipinski definition) is 6. The standard InChI is InChI=1S/C23H23FN4O2S/c1-13-16-12-15(28(3)4)6-8-19(16)30-20(13)21(29)26-14-5-7-18(24)17(11-14)23(2)9-10-31-22(25)27-23/h5-12H,1-4H3,(H2,25,27)(H,26,29)/t23-/m0/s1. The Kier molecular flexibility index (Phi) is 5.26. The number of carbonyl (C=O) groups excluding carboxylic acids is 1. The summed E-state index contributed by atoms with van der Waals surface area (Å²) in [6.07, 6.45) is 1.78. The monoisotopic (exact) mass is 438 g/mol. The van der Waals surface area contributed by atoms with Gasteiger partial charge in [0.2, 0.25) is 0 Å². The van der Waals surface area contributed by atoms with Crippen LogP contribution in [-0.2, 0) is 5.54 Å². The van der Waals surface area contributed by atoms with Crippen molar-refractivity contribution in [1.82, 2.24) is 0 Å². The van der Waals surface area contributed by atoms with E-state index in [0.717, 1.165) is 16.6 Å². The van der Waals surface area contributed by atoms with Gasteiger partial charge >= 0.3 is 0 Å². The molecule has 0 fully saturated rings. The highest BCUT2D eigenvalue weighted by molar-refractivity contribution is 8.16. The van der Waals surface area contributed by atoms with Gasteiger partial charge in [-0.15, -0.1) is 0 Å². The molecule has 1 aromatic heterocycles. The summed E-state index contributed by atoms with van der Waals surface area (Å²) in [5.41, 5.74) is 8.04.